The zero-order valence-corrected chi connectivity index (χ0v) is 10.0. The number of aryl methyl sites for hydroxylation is 1. The van der Waals surface area contributed by atoms with E-state index in [-0.39, 0.29) is 5.95 Å². The van der Waals surface area contributed by atoms with Crippen molar-refractivity contribution in [3.8, 4) is 5.82 Å². The highest BCUT2D eigenvalue weighted by molar-refractivity contribution is 5.45. The van der Waals surface area contributed by atoms with E-state index in [0.717, 1.165) is 17.0 Å². The van der Waals surface area contributed by atoms with Crippen LogP contribution < -0.4 is 17.0 Å². The van der Waals surface area contributed by atoms with Gasteiger partial charge in [-0.2, -0.15) is 15.1 Å². The highest BCUT2D eigenvalue weighted by Gasteiger charge is 2.11. The number of nitrogens with one attached hydrogen (secondary N) is 1. The third-order valence-corrected chi connectivity index (χ3v) is 2.75. The van der Waals surface area contributed by atoms with Gasteiger partial charge in [-0.3, -0.25) is 0 Å². The summed E-state index contributed by atoms with van der Waals surface area (Å²) in [5.41, 5.74) is 11.2. The Morgan fingerprint density at radius 3 is 2.47 bits per heavy atom. The molecule has 0 unspecified atom stereocenters. The molecule has 2 heterocycles. The van der Waals surface area contributed by atoms with E-state index in [1.54, 1.807) is 10.7 Å². The largest absolute Gasteiger partial charge is 0.368 e. The molecule has 2 aromatic rings. The van der Waals surface area contributed by atoms with Crippen LogP contribution in [0.2, 0.25) is 0 Å². The van der Waals surface area contributed by atoms with E-state index in [2.05, 4.69) is 20.5 Å². The predicted octanol–water partition coefficient (Wildman–Crippen LogP) is 0.455. The number of nitrogens with zero attached hydrogens (tertiary/aromatic N) is 4. The molecule has 0 aliphatic heterocycles. The molecule has 0 amide bonds. The van der Waals surface area contributed by atoms with Gasteiger partial charge in [0.1, 0.15) is 5.82 Å². The zero-order valence-electron chi connectivity index (χ0n) is 10.0. The molecule has 7 heteroatoms. The summed E-state index contributed by atoms with van der Waals surface area (Å²) in [6, 6.07) is 1.69. The lowest BCUT2D eigenvalue weighted by Gasteiger charge is -2.06. The Kier molecular flexibility index (Phi) is 2.68. The summed E-state index contributed by atoms with van der Waals surface area (Å²) >= 11 is 0. The minimum absolute atomic E-state index is 0.153. The highest BCUT2D eigenvalue weighted by atomic mass is 15.3. The van der Waals surface area contributed by atoms with Crippen LogP contribution in [-0.4, -0.2) is 19.7 Å². The van der Waals surface area contributed by atoms with Crippen LogP contribution in [0.25, 0.3) is 5.82 Å². The first-order valence-corrected chi connectivity index (χ1v) is 5.17. The molecule has 0 saturated heterocycles. The summed E-state index contributed by atoms with van der Waals surface area (Å²) in [6.07, 6.45) is 0. The van der Waals surface area contributed by atoms with Gasteiger partial charge in [-0.1, -0.05) is 0 Å². The number of rotatable bonds is 2. The molecule has 0 atom stereocenters. The van der Waals surface area contributed by atoms with E-state index in [9.17, 15) is 0 Å². The van der Waals surface area contributed by atoms with Crippen molar-refractivity contribution in [1.82, 2.24) is 19.7 Å². The number of aromatic nitrogens is 4. The van der Waals surface area contributed by atoms with Gasteiger partial charge in [0.05, 0.1) is 5.69 Å². The molecule has 2 rings (SSSR count). The molecule has 2 aromatic heterocycles. The van der Waals surface area contributed by atoms with Crippen molar-refractivity contribution in [2.24, 2.45) is 5.84 Å². The number of nitrogens with two attached hydrogens (primary N) is 2. The van der Waals surface area contributed by atoms with Crippen LogP contribution >= 0.6 is 0 Å². The molecule has 0 spiro atoms. The van der Waals surface area contributed by atoms with Crippen LogP contribution in [0.4, 0.5) is 11.8 Å². The predicted molar refractivity (Wildman–Crippen MR) is 65.6 cm³/mol. The second-order valence-electron chi connectivity index (χ2n) is 3.82. The summed E-state index contributed by atoms with van der Waals surface area (Å²) < 4.78 is 1.73. The Hall–Kier alpha value is -2.15. The van der Waals surface area contributed by atoms with Crippen LogP contribution in [0.5, 0.6) is 0 Å². The van der Waals surface area contributed by atoms with Gasteiger partial charge in [-0.25, -0.2) is 10.5 Å². The number of anilines is 2. The third-order valence-electron chi connectivity index (χ3n) is 2.75. The van der Waals surface area contributed by atoms with Crippen molar-refractivity contribution in [1.29, 1.82) is 0 Å². The van der Waals surface area contributed by atoms with E-state index in [4.69, 9.17) is 11.6 Å². The normalized spacial score (nSPS) is 10.6. The van der Waals surface area contributed by atoms with Crippen molar-refractivity contribution >= 4 is 11.8 Å². The van der Waals surface area contributed by atoms with Gasteiger partial charge >= 0.3 is 0 Å². The van der Waals surface area contributed by atoms with Crippen molar-refractivity contribution in [2.45, 2.75) is 20.8 Å². The SMILES string of the molecule is Cc1nn(-c2cc(NN)nc(N)n2)c(C)c1C. The first-order valence-electron chi connectivity index (χ1n) is 5.17. The van der Waals surface area contributed by atoms with Crippen molar-refractivity contribution in [3.63, 3.8) is 0 Å². The summed E-state index contributed by atoms with van der Waals surface area (Å²) in [5.74, 6) is 6.52. The summed E-state index contributed by atoms with van der Waals surface area (Å²) in [4.78, 5) is 8.07. The molecular weight excluding hydrogens is 218 g/mol. The first-order chi connectivity index (χ1) is 8.02. The van der Waals surface area contributed by atoms with E-state index in [0.29, 0.717) is 11.6 Å². The average molecular weight is 233 g/mol. The van der Waals surface area contributed by atoms with Gasteiger partial charge in [-0.15, -0.1) is 0 Å². The maximum Gasteiger partial charge on any atom is 0.224 e. The number of hydrogen-bond acceptors (Lipinski definition) is 6. The monoisotopic (exact) mass is 233 g/mol. The summed E-state index contributed by atoms with van der Waals surface area (Å²) in [7, 11) is 0. The summed E-state index contributed by atoms with van der Waals surface area (Å²) in [6.45, 7) is 5.94. The Bertz CT molecular complexity index is 558. The molecular formula is C10H15N7. The fraction of sp³-hybridized carbons (Fsp3) is 0.300. The van der Waals surface area contributed by atoms with Gasteiger partial charge in [-0.05, 0) is 26.3 Å². The lowest BCUT2D eigenvalue weighted by molar-refractivity contribution is 0.803. The molecule has 0 fully saturated rings. The topological polar surface area (TPSA) is 108 Å². The fourth-order valence-corrected chi connectivity index (χ4v) is 1.58. The van der Waals surface area contributed by atoms with Crippen molar-refractivity contribution < 1.29 is 0 Å². The molecule has 0 aliphatic rings. The molecule has 0 radical (unpaired) electrons. The van der Waals surface area contributed by atoms with Gasteiger partial charge in [0.15, 0.2) is 5.82 Å². The molecule has 0 bridgehead atoms. The Morgan fingerprint density at radius 1 is 1.24 bits per heavy atom. The minimum atomic E-state index is 0.153. The number of nitrogen functional groups attached to an aromatic ring is 2. The third kappa shape index (κ3) is 1.92. The van der Waals surface area contributed by atoms with Crippen molar-refractivity contribution in [2.75, 3.05) is 11.2 Å². The van der Waals surface area contributed by atoms with Gasteiger partial charge < -0.3 is 11.2 Å². The molecule has 0 aliphatic carbocycles. The van der Waals surface area contributed by atoms with Gasteiger partial charge in [0.25, 0.3) is 0 Å². The fourth-order valence-electron chi connectivity index (χ4n) is 1.58. The Labute approximate surface area is 98.8 Å². The van der Waals surface area contributed by atoms with Gasteiger partial charge in [0.2, 0.25) is 5.95 Å². The standard InChI is InChI=1S/C10H15N7/c1-5-6(2)16-17(7(5)3)9-4-8(15-12)13-10(11)14-9/h4H,12H2,1-3H3,(H3,11,13,14,15). The maximum absolute atomic E-state index is 5.61. The lowest BCUT2D eigenvalue weighted by atomic mass is 10.2. The second-order valence-corrected chi connectivity index (χ2v) is 3.82. The van der Waals surface area contributed by atoms with Crippen LogP contribution in [-0.2, 0) is 0 Å². The molecule has 7 nitrogen and oxygen atoms in total. The highest BCUT2D eigenvalue weighted by Crippen LogP contribution is 2.17. The number of hydrogen-bond donors (Lipinski definition) is 3. The van der Waals surface area contributed by atoms with Crippen LogP contribution in [0.3, 0.4) is 0 Å². The smallest absolute Gasteiger partial charge is 0.224 e. The van der Waals surface area contributed by atoms with E-state index in [1.165, 1.54) is 0 Å². The summed E-state index contributed by atoms with van der Waals surface area (Å²) in [5, 5.41) is 4.40. The second kappa shape index (κ2) is 4.02. The van der Waals surface area contributed by atoms with Gasteiger partial charge in [0, 0.05) is 11.8 Å². The molecule has 0 aromatic carbocycles. The van der Waals surface area contributed by atoms with Crippen LogP contribution in [0.15, 0.2) is 6.07 Å². The molecule has 90 valence electrons. The first kappa shape index (κ1) is 11.3. The minimum Gasteiger partial charge on any atom is -0.368 e. The van der Waals surface area contributed by atoms with E-state index >= 15 is 0 Å². The van der Waals surface area contributed by atoms with Crippen LogP contribution in [0, 0.1) is 20.8 Å². The molecule has 0 saturated carbocycles. The van der Waals surface area contributed by atoms with Crippen LogP contribution in [0.1, 0.15) is 17.0 Å². The molecule has 17 heavy (non-hydrogen) atoms. The Morgan fingerprint density at radius 2 is 1.94 bits per heavy atom. The lowest BCUT2D eigenvalue weighted by Crippen LogP contribution is -2.13. The van der Waals surface area contributed by atoms with Crippen molar-refractivity contribution in [3.05, 3.63) is 23.0 Å². The van der Waals surface area contributed by atoms with E-state index in [1.807, 2.05) is 20.8 Å². The quantitative estimate of drug-likeness (QED) is 0.513. The molecule has 5 N–H and O–H groups in total. The van der Waals surface area contributed by atoms with E-state index < -0.39 is 0 Å². The Balaban J connectivity index is 2.59. The maximum atomic E-state index is 5.61. The number of hydrazine groups is 1. The average Bonchev–Trinajstić information content (AvgIpc) is 2.56. The zero-order chi connectivity index (χ0) is 12.6.